The fourth-order valence-corrected chi connectivity index (χ4v) is 5.04. The van der Waals surface area contributed by atoms with E-state index in [0.717, 1.165) is 43.4 Å². The Labute approximate surface area is 209 Å². The fraction of sp³-hybridized carbons (Fsp3) is 0.462. The highest BCUT2D eigenvalue weighted by molar-refractivity contribution is 5.89. The molecule has 10 heteroatoms. The number of amides is 1. The van der Waals surface area contributed by atoms with Crippen molar-refractivity contribution in [1.82, 2.24) is 15.1 Å². The Morgan fingerprint density at radius 1 is 1.31 bits per heavy atom. The topological polar surface area (TPSA) is 129 Å². The molecule has 2 aliphatic carbocycles. The Balaban J connectivity index is 1.37. The van der Waals surface area contributed by atoms with Crippen molar-refractivity contribution in [2.45, 2.75) is 62.8 Å². The monoisotopic (exact) mass is 496 g/mol. The number of alkyl halides is 1. The van der Waals surface area contributed by atoms with Crippen LogP contribution in [0.2, 0.25) is 0 Å². The Morgan fingerprint density at radius 3 is 2.72 bits per heavy atom. The number of rotatable bonds is 8. The number of anilines is 1. The van der Waals surface area contributed by atoms with E-state index in [1.807, 2.05) is 35.3 Å². The molecule has 2 saturated carbocycles. The van der Waals surface area contributed by atoms with Gasteiger partial charge in [-0.3, -0.25) is 9.48 Å². The smallest absolute Gasteiger partial charge is 0.263 e. The van der Waals surface area contributed by atoms with Crippen molar-refractivity contribution in [2.24, 2.45) is 11.5 Å². The van der Waals surface area contributed by atoms with Crippen LogP contribution in [0.5, 0.6) is 5.75 Å². The number of carbonyl (C=O) groups is 1. The van der Waals surface area contributed by atoms with Crippen molar-refractivity contribution < 1.29 is 18.7 Å². The van der Waals surface area contributed by atoms with Gasteiger partial charge in [-0.25, -0.2) is 4.39 Å². The van der Waals surface area contributed by atoms with E-state index in [9.17, 15) is 9.18 Å². The van der Waals surface area contributed by atoms with Gasteiger partial charge in [0.25, 0.3) is 5.91 Å². The van der Waals surface area contributed by atoms with E-state index in [1.54, 1.807) is 14.0 Å². The molecule has 3 fully saturated rings. The zero-order valence-electron chi connectivity index (χ0n) is 20.6. The summed E-state index contributed by atoms with van der Waals surface area (Å²) in [6, 6.07) is 5.97. The fourth-order valence-electron chi connectivity index (χ4n) is 5.04. The minimum absolute atomic E-state index is 0.00354. The van der Waals surface area contributed by atoms with Crippen molar-refractivity contribution in [1.29, 1.82) is 0 Å². The normalized spacial score (nSPS) is 25.2. The van der Waals surface area contributed by atoms with Gasteiger partial charge in [0.1, 0.15) is 11.6 Å². The van der Waals surface area contributed by atoms with E-state index in [-0.39, 0.29) is 30.3 Å². The molecule has 36 heavy (non-hydrogen) atoms. The number of nitrogens with two attached hydrogens (primary N) is 2. The molecule has 1 amide bonds. The molecule has 1 aliphatic heterocycles. The molecule has 192 valence electrons. The maximum absolute atomic E-state index is 14.0. The van der Waals surface area contributed by atoms with Gasteiger partial charge in [0.2, 0.25) is 0 Å². The van der Waals surface area contributed by atoms with Gasteiger partial charge >= 0.3 is 0 Å². The average Bonchev–Trinajstić information content (AvgIpc) is 3.23. The number of benzene rings is 1. The highest BCUT2D eigenvalue weighted by atomic mass is 19.1. The zero-order chi connectivity index (χ0) is 25.5. The number of carbonyl (C=O) groups excluding carboxylic acids is 1. The number of halogens is 1. The van der Waals surface area contributed by atoms with Gasteiger partial charge in [-0.05, 0) is 51.5 Å². The summed E-state index contributed by atoms with van der Waals surface area (Å²) < 4.78 is 27.9. The van der Waals surface area contributed by atoms with E-state index >= 15 is 0 Å². The van der Waals surface area contributed by atoms with E-state index in [4.69, 9.17) is 20.9 Å². The van der Waals surface area contributed by atoms with Crippen LogP contribution < -0.4 is 26.8 Å². The number of para-hydroxylation sites is 1. The number of nitrogens with zero attached hydrogens (tertiary/aromatic N) is 2. The number of hydrogen-bond acceptors (Lipinski definition) is 7. The van der Waals surface area contributed by atoms with Crippen molar-refractivity contribution in [3.8, 4) is 16.9 Å². The summed E-state index contributed by atoms with van der Waals surface area (Å²) in [5.41, 5.74) is 13.5. The van der Waals surface area contributed by atoms with Gasteiger partial charge in [0.05, 0.1) is 36.3 Å². The molecule has 1 aromatic heterocycles. The molecule has 0 bridgehead atoms. The Hall–Kier alpha value is -3.53. The summed E-state index contributed by atoms with van der Waals surface area (Å²) in [7, 11) is 1.60. The number of ether oxygens (including phenoxy) is 2. The largest absolute Gasteiger partial charge is 0.494 e. The molecule has 2 heterocycles. The molecule has 2 atom stereocenters. The Kier molecular flexibility index (Phi) is 6.15. The number of aromatic nitrogens is 2. The molecule has 1 unspecified atom stereocenters. The van der Waals surface area contributed by atoms with Gasteiger partial charge in [-0.1, -0.05) is 12.1 Å². The third-order valence-electron chi connectivity index (χ3n) is 7.38. The van der Waals surface area contributed by atoms with Crippen LogP contribution in [0, 0.1) is 0 Å². The number of hydrogen-bond donors (Lipinski definition) is 4. The molecular formula is C26H33FN6O3. The Morgan fingerprint density at radius 2 is 2.11 bits per heavy atom. The van der Waals surface area contributed by atoms with Crippen molar-refractivity contribution in [3.05, 3.63) is 53.9 Å². The second kappa shape index (κ2) is 9.16. The van der Waals surface area contributed by atoms with E-state index in [0.29, 0.717) is 22.8 Å². The van der Waals surface area contributed by atoms with E-state index in [2.05, 4.69) is 15.7 Å². The molecule has 3 aliphatic rings. The van der Waals surface area contributed by atoms with Crippen LogP contribution in [0.1, 0.15) is 51.5 Å². The SMILES string of the molecule is COc1c(NC(/C=C(\N)NC(=O)C2(F)CC2)=C(\C)N)cccc1-c1cnn(C2CC[C@]23CCCO3)c1. The molecule has 2 aromatic rings. The number of nitrogens with one attached hydrogen (secondary N) is 2. The summed E-state index contributed by atoms with van der Waals surface area (Å²) in [5, 5.41) is 10.3. The lowest BCUT2D eigenvalue weighted by Gasteiger charge is -2.45. The van der Waals surface area contributed by atoms with Crippen molar-refractivity contribution >= 4 is 11.6 Å². The maximum Gasteiger partial charge on any atom is 0.263 e. The number of methoxy groups -OCH3 is 1. The molecule has 9 nitrogen and oxygen atoms in total. The summed E-state index contributed by atoms with van der Waals surface area (Å²) in [6.45, 7) is 2.52. The van der Waals surface area contributed by atoms with Gasteiger partial charge in [0.15, 0.2) is 5.67 Å². The lowest BCUT2D eigenvalue weighted by molar-refractivity contribution is -0.126. The molecule has 0 radical (unpaired) electrons. The third kappa shape index (κ3) is 4.41. The molecule has 5 rings (SSSR count). The molecular weight excluding hydrogens is 463 g/mol. The summed E-state index contributed by atoms with van der Waals surface area (Å²) in [6.07, 6.45) is 10.1. The van der Waals surface area contributed by atoms with Crippen LogP contribution in [0.3, 0.4) is 0 Å². The second-order valence-corrected chi connectivity index (χ2v) is 9.91. The van der Waals surface area contributed by atoms with Crippen molar-refractivity contribution in [2.75, 3.05) is 19.0 Å². The Bertz CT molecular complexity index is 1220. The lowest BCUT2D eigenvalue weighted by atomic mass is 9.73. The van der Waals surface area contributed by atoms with E-state index in [1.165, 1.54) is 6.08 Å². The maximum atomic E-state index is 14.0. The zero-order valence-corrected chi connectivity index (χ0v) is 20.6. The number of allylic oxidation sites excluding steroid dienone is 2. The van der Waals surface area contributed by atoms with Crippen LogP contribution in [0.25, 0.3) is 11.1 Å². The summed E-state index contributed by atoms with van der Waals surface area (Å²) >= 11 is 0. The van der Waals surface area contributed by atoms with Crippen LogP contribution in [-0.2, 0) is 9.53 Å². The van der Waals surface area contributed by atoms with Gasteiger partial charge in [0, 0.05) is 35.7 Å². The highest BCUT2D eigenvalue weighted by Crippen LogP contribution is 2.51. The van der Waals surface area contributed by atoms with E-state index < -0.39 is 11.6 Å². The standard InChI is InChI=1S/C26H33FN6O3/c1-16(28)20(13-22(29)32-24(34)25(27)10-11-25)31-19-6-3-5-18(23(19)35-2)17-14-30-33(15-17)21-7-9-26(21)8-4-12-36-26/h3,5-6,13-15,21,31H,4,7-12,28-29H2,1-2H3,(H,32,34)/b20-16+,22-13+/t21?,26-/m1/s1. The van der Waals surface area contributed by atoms with Gasteiger partial charge in [-0.15, -0.1) is 0 Å². The first kappa shape index (κ1) is 24.2. The first-order valence-electron chi connectivity index (χ1n) is 12.3. The lowest BCUT2D eigenvalue weighted by Crippen LogP contribution is -2.47. The minimum atomic E-state index is -1.82. The average molecular weight is 497 g/mol. The second-order valence-electron chi connectivity index (χ2n) is 9.91. The molecule has 1 aromatic carbocycles. The summed E-state index contributed by atoms with van der Waals surface area (Å²) in [5.74, 6) is -0.137. The quantitative estimate of drug-likeness (QED) is 0.412. The predicted molar refractivity (Wildman–Crippen MR) is 134 cm³/mol. The van der Waals surface area contributed by atoms with Crippen LogP contribution in [-0.4, -0.2) is 40.7 Å². The molecule has 1 spiro atoms. The van der Waals surface area contributed by atoms with Crippen LogP contribution in [0.15, 0.2) is 53.9 Å². The van der Waals surface area contributed by atoms with Crippen LogP contribution >= 0.6 is 0 Å². The summed E-state index contributed by atoms with van der Waals surface area (Å²) in [4.78, 5) is 12.0. The first-order valence-corrected chi connectivity index (χ1v) is 12.3. The minimum Gasteiger partial charge on any atom is -0.494 e. The van der Waals surface area contributed by atoms with Gasteiger partial charge < -0.3 is 31.6 Å². The van der Waals surface area contributed by atoms with Crippen molar-refractivity contribution in [3.63, 3.8) is 0 Å². The van der Waals surface area contributed by atoms with Gasteiger partial charge in [-0.2, -0.15) is 5.10 Å². The predicted octanol–water partition coefficient (Wildman–Crippen LogP) is 3.46. The molecule has 6 N–H and O–H groups in total. The van der Waals surface area contributed by atoms with Crippen LogP contribution in [0.4, 0.5) is 10.1 Å². The third-order valence-corrected chi connectivity index (χ3v) is 7.38. The highest BCUT2D eigenvalue weighted by Gasteiger charge is 2.52. The first-order chi connectivity index (χ1) is 17.2. The molecule has 1 saturated heterocycles.